The Morgan fingerprint density at radius 1 is 1.89 bits per heavy atom. The fourth-order valence-corrected chi connectivity index (χ4v) is 1.17. The number of hydrogen-bond donors (Lipinski definition) is 1. The van der Waals surface area contributed by atoms with Crippen LogP contribution in [0.25, 0.3) is 0 Å². The quantitative estimate of drug-likeness (QED) is 0.692. The lowest BCUT2D eigenvalue weighted by atomic mass is 10.7. The molecule has 50 valence electrons. The van der Waals surface area contributed by atoms with Gasteiger partial charge in [-0.05, 0) is 15.9 Å². The van der Waals surface area contributed by atoms with Crippen LogP contribution in [0, 0.1) is 0 Å². The molecule has 4 heteroatoms. The van der Waals surface area contributed by atoms with Gasteiger partial charge in [0, 0.05) is 12.8 Å². The van der Waals surface area contributed by atoms with Crippen molar-refractivity contribution in [2.24, 2.45) is 7.05 Å². The number of thiol groups is 1. The molecule has 0 aliphatic carbocycles. The van der Waals surface area contributed by atoms with E-state index in [-0.39, 0.29) is 0 Å². The summed E-state index contributed by atoms with van der Waals surface area (Å²) in [6.45, 7) is 0. The van der Waals surface area contributed by atoms with Crippen LogP contribution < -0.4 is 0 Å². The summed E-state index contributed by atoms with van der Waals surface area (Å²) in [4.78, 5) is 4.07. The highest BCUT2D eigenvalue weighted by atomic mass is 79.9. The Balaban J connectivity index is 3.04. The third-order valence-electron chi connectivity index (χ3n) is 1.17. The number of rotatable bonds is 1. The first-order valence-corrected chi connectivity index (χ1v) is 3.95. The molecule has 0 saturated carbocycles. The maximum Gasteiger partial charge on any atom is 0.119 e. The summed E-state index contributed by atoms with van der Waals surface area (Å²) in [6, 6.07) is 0. The zero-order valence-electron chi connectivity index (χ0n) is 5.00. The minimum Gasteiger partial charge on any atom is -0.325 e. The summed E-state index contributed by atoms with van der Waals surface area (Å²) < 4.78 is 2.94. The van der Waals surface area contributed by atoms with Gasteiger partial charge in [-0.15, -0.1) is 0 Å². The molecule has 0 amide bonds. The Morgan fingerprint density at radius 3 is 2.78 bits per heavy atom. The average molecular weight is 207 g/mol. The molecule has 0 fully saturated rings. The van der Waals surface area contributed by atoms with E-state index in [2.05, 4.69) is 33.5 Å². The Hall–Kier alpha value is 0.0400. The molecule has 1 rings (SSSR count). The highest BCUT2D eigenvalue weighted by Crippen LogP contribution is 2.10. The second-order valence-electron chi connectivity index (χ2n) is 1.71. The van der Waals surface area contributed by atoms with Crippen molar-refractivity contribution in [2.45, 2.75) is 5.75 Å². The molecule has 1 heterocycles. The molecule has 0 aromatic carbocycles. The van der Waals surface area contributed by atoms with E-state index in [4.69, 9.17) is 0 Å². The van der Waals surface area contributed by atoms with Crippen LogP contribution in [0.2, 0.25) is 0 Å². The average Bonchev–Trinajstić information content (AvgIpc) is 2.15. The fourth-order valence-electron chi connectivity index (χ4n) is 0.571. The van der Waals surface area contributed by atoms with Gasteiger partial charge in [0.1, 0.15) is 10.4 Å². The molecule has 0 atom stereocenters. The molecule has 0 unspecified atom stereocenters. The predicted molar refractivity (Wildman–Crippen MR) is 43.6 cm³/mol. The van der Waals surface area contributed by atoms with E-state index in [0.29, 0.717) is 5.75 Å². The Morgan fingerprint density at radius 2 is 2.56 bits per heavy atom. The van der Waals surface area contributed by atoms with Crippen molar-refractivity contribution >= 4 is 28.6 Å². The summed E-state index contributed by atoms with van der Waals surface area (Å²) in [5.74, 6) is 1.66. The van der Waals surface area contributed by atoms with E-state index >= 15 is 0 Å². The first kappa shape index (κ1) is 7.15. The molecule has 0 saturated heterocycles. The van der Waals surface area contributed by atoms with Crippen LogP contribution in [-0.2, 0) is 12.8 Å². The molecular weight excluding hydrogens is 200 g/mol. The summed E-state index contributed by atoms with van der Waals surface area (Å²) >= 11 is 7.41. The van der Waals surface area contributed by atoms with E-state index in [9.17, 15) is 0 Å². The molecule has 0 radical (unpaired) electrons. The molecule has 1 aromatic rings. The van der Waals surface area contributed by atoms with Gasteiger partial charge in [0.2, 0.25) is 0 Å². The topological polar surface area (TPSA) is 17.8 Å². The second kappa shape index (κ2) is 2.75. The van der Waals surface area contributed by atoms with Crippen LogP contribution >= 0.6 is 28.6 Å². The van der Waals surface area contributed by atoms with Gasteiger partial charge in [-0.3, -0.25) is 0 Å². The predicted octanol–water partition coefficient (Wildman–Crippen LogP) is 1.61. The van der Waals surface area contributed by atoms with Crippen LogP contribution in [0.4, 0.5) is 0 Å². The van der Waals surface area contributed by atoms with E-state index in [0.717, 1.165) is 10.4 Å². The largest absolute Gasteiger partial charge is 0.325 e. The van der Waals surface area contributed by atoms with E-state index in [1.165, 1.54) is 0 Å². The van der Waals surface area contributed by atoms with E-state index in [1.54, 1.807) is 6.20 Å². The maximum absolute atomic E-state index is 4.09. The van der Waals surface area contributed by atoms with Gasteiger partial charge in [-0.25, -0.2) is 4.98 Å². The number of halogens is 1. The van der Waals surface area contributed by atoms with Gasteiger partial charge in [-0.1, -0.05) is 0 Å². The molecule has 0 aliphatic heterocycles. The minimum atomic E-state index is 0.683. The molecule has 0 aliphatic rings. The third-order valence-corrected chi connectivity index (χ3v) is 2.19. The molecule has 0 N–H and O–H groups in total. The van der Waals surface area contributed by atoms with Crippen molar-refractivity contribution in [1.82, 2.24) is 9.55 Å². The van der Waals surface area contributed by atoms with Gasteiger partial charge < -0.3 is 4.57 Å². The molecule has 0 spiro atoms. The zero-order valence-corrected chi connectivity index (χ0v) is 7.48. The number of aromatic nitrogens is 2. The zero-order chi connectivity index (χ0) is 6.85. The van der Waals surface area contributed by atoms with Crippen LogP contribution in [-0.4, -0.2) is 9.55 Å². The molecular formula is C5H7BrN2S. The first-order chi connectivity index (χ1) is 4.25. The lowest BCUT2D eigenvalue weighted by molar-refractivity contribution is 0.833. The Labute approximate surface area is 67.8 Å². The minimum absolute atomic E-state index is 0.683. The van der Waals surface area contributed by atoms with Crippen molar-refractivity contribution in [2.75, 3.05) is 0 Å². The number of nitrogens with zero attached hydrogens (tertiary/aromatic N) is 2. The van der Waals surface area contributed by atoms with Crippen molar-refractivity contribution in [3.05, 3.63) is 16.6 Å². The third kappa shape index (κ3) is 1.30. The van der Waals surface area contributed by atoms with Crippen LogP contribution in [0.1, 0.15) is 5.82 Å². The van der Waals surface area contributed by atoms with Gasteiger partial charge >= 0.3 is 0 Å². The van der Waals surface area contributed by atoms with E-state index in [1.807, 2.05) is 11.6 Å². The molecule has 0 bridgehead atoms. The van der Waals surface area contributed by atoms with Gasteiger partial charge in [0.15, 0.2) is 0 Å². The van der Waals surface area contributed by atoms with Gasteiger partial charge in [0.25, 0.3) is 0 Å². The summed E-state index contributed by atoms with van der Waals surface area (Å²) in [5.41, 5.74) is 0. The molecule has 9 heavy (non-hydrogen) atoms. The van der Waals surface area contributed by atoms with E-state index < -0.39 is 0 Å². The normalized spacial score (nSPS) is 10.1. The molecule has 2 nitrogen and oxygen atoms in total. The standard InChI is InChI=1S/C5H7BrN2S/c1-8-4(6)2-7-5(8)3-9/h2,9H,3H2,1H3. The van der Waals surface area contributed by atoms with Crippen LogP contribution in [0.5, 0.6) is 0 Å². The fraction of sp³-hybridized carbons (Fsp3) is 0.400. The highest BCUT2D eigenvalue weighted by molar-refractivity contribution is 9.10. The summed E-state index contributed by atoms with van der Waals surface area (Å²) in [7, 11) is 1.95. The second-order valence-corrected chi connectivity index (χ2v) is 2.84. The Bertz CT molecular complexity index is 209. The van der Waals surface area contributed by atoms with Crippen molar-refractivity contribution < 1.29 is 0 Å². The van der Waals surface area contributed by atoms with Crippen molar-refractivity contribution in [3.63, 3.8) is 0 Å². The maximum atomic E-state index is 4.09. The van der Waals surface area contributed by atoms with Gasteiger partial charge in [0.05, 0.1) is 6.20 Å². The Kier molecular flexibility index (Phi) is 2.18. The highest BCUT2D eigenvalue weighted by Gasteiger charge is 1.99. The van der Waals surface area contributed by atoms with Crippen LogP contribution in [0.3, 0.4) is 0 Å². The monoisotopic (exact) mass is 206 g/mol. The summed E-state index contributed by atoms with van der Waals surface area (Å²) in [5, 5.41) is 0. The lowest BCUT2D eigenvalue weighted by Gasteiger charge is -1.95. The van der Waals surface area contributed by atoms with Crippen molar-refractivity contribution in [1.29, 1.82) is 0 Å². The number of hydrogen-bond acceptors (Lipinski definition) is 2. The lowest BCUT2D eigenvalue weighted by Crippen LogP contribution is -1.93. The smallest absolute Gasteiger partial charge is 0.119 e. The van der Waals surface area contributed by atoms with Crippen LogP contribution in [0.15, 0.2) is 10.8 Å². The SMILES string of the molecule is Cn1c(Br)cnc1CS. The summed E-state index contributed by atoms with van der Waals surface area (Å²) in [6.07, 6.45) is 1.77. The number of imidazole rings is 1. The first-order valence-electron chi connectivity index (χ1n) is 2.52. The van der Waals surface area contributed by atoms with Crippen molar-refractivity contribution in [3.8, 4) is 0 Å². The molecule has 1 aromatic heterocycles. The van der Waals surface area contributed by atoms with Gasteiger partial charge in [-0.2, -0.15) is 12.6 Å².